The summed E-state index contributed by atoms with van der Waals surface area (Å²) < 4.78 is 5.64. The molecule has 15 heavy (non-hydrogen) atoms. The molecule has 80 valence electrons. The number of nitrogens with one attached hydrogen (secondary N) is 1. The van der Waals surface area contributed by atoms with Gasteiger partial charge < -0.3 is 15.2 Å². The van der Waals surface area contributed by atoms with Crippen LogP contribution in [0, 0.1) is 6.92 Å². The maximum atomic E-state index is 9.73. The Morgan fingerprint density at radius 1 is 1.47 bits per heavy atom. The number of aliphatic hydroxyl groups is 1. The lowest BCUT2D eigenvalue weighted by atomic mass is 9.89. The van der Waals surface area contributed by atoms with Gasteiger partial charge in [-0.15, -0.1) is 0 Å². The fourth-order valence-corrected chi connectivity index (χ4v) is 2.43. The highest BCUT2D eigenvalue weighted by molar-refractivity contribution is 5.57. The van der Waals surface area contributed by atoms with Crippen LogP contribution in [0.3, 0.4) is 0 Å². The molecule has 1 aromatic rings. The van der Waals surface area contributed by atoms with E-state index in [1.54, 1.807) is 0 Å². The molecule has 2 heterocycles. The Bertz CT molecular complexity index is 391. The molecule has 2 aliphatic rings. The van der Waals surface area contributed by atoms with Crippen molar-refractivity contribution in [1.82, 2.24) is 0 Å². The largest absolute Gasteiger partial charge is 0.389 e. The molecular weight excluding hydrogens is 190 g/mol. The third-order valence-electron chi connectivity index (χ3n) is 3.30. The van der Waals surface area contributed by atoms with Gasteiger partial charge in [0, 0.05) is 17.7 Å². The minimum Gasteiger partial charge on any atom is -0.389 e. The molecule has 1 aromatic carbocycles. The number of anilines is 1. The van der Waals surface area contributed by atoms with Gasteiger partial charge in [0.1, 0.15) is 0 Å². The second-order valence-corrected chi connectivity index (χ2v) is 4.47. The van der Waals surface area contributed by atoms with Gasteiger partial charge in [0.2, 0.25) is 0 Å². The van der Waals surface area contributed by atoms with Crippen molar-refractivity contribution in [2.24, 2.45) is 0 Å². The SMILES string of the molecule is Cc1ccc2c(c1)N[C@H]1C[C@@H]2OC[C@H]1O. The first-order valence-electron chi connectivity index (χ1n) is 5.41. The molecule has 0 aromatic heterocycles. The van der Waals surface area contributed by atoms with Crippen LogP contribution in [0.1, 0.15) is 23.7 Å². The number of hydrogen-bond acceptors (Lipinski definition) is 3. The van der Waals surface area contributed by atoms with Crippen molar-refractivity contribution in [3.63, 3.8) is 0 Å². The predicted molar refractivity (Wildman–Crippen MR) is 57.9 cm³/mol. The Kier molecular flexibility index (Phi) is 1.97. The fraction of sp³-hybridized carbons (Fsp3) is 0.500. The molecule has 2 aliphatic heterocycles. The highest BCUT2D eigenvalue weighted by Gasteiger charge is 2.35. The van der Waals surface area contributed by atoms with Crippen molar-refractivity contribution in [2.75, 3.05) is 11.9 Å². The quantitative estimate of drug-likeness (QED) is 0.676. The Labute approximate surface area is 89.1 Å². The first-order valence-corrected chi connectivity index (χ1v) is 5.41. The molecule has 0 radical (unpaired) electrons. The minimum absolute atomic E-state index is 0.151. The number of hydrogen-bond donors (Lipinski definition) is 2. The number of rotatable bonds is 0. The Morgan fingerprint density at radius 3 is 3.20 bits per heavy atom. The molecular formula is C12H15NO2. The van der Waals surface area contributed by atoms with Gasteiger partial charge in [-0.1, -0.05) is 12.1 Å². The van der Waals surface area contributed by atoms with E-state index in [-0.39, 0.29) is 18.2 Å². The lowest BCUT2D eigenvalue weighted by molar-refractivity contribution is -0.0672. The van der Waals surface area contributed by atoms with Crippen molar-refractivity contribution in [2.45, 2.75) is 31.6 Å². The van der Waals surface area contributed by atoms with Gasteiger partial charge in [-0.2, -0.15) is 0 Å². The summed E-state index contributed by atoms with van der Waals surface area (Å²) in [4.78, 5) is 0. The van der Waals surface area contributed by atoms with Crippen LogP contribution in [-0.4, -0.2) is 23.9 Å². The molecule has 0 aliphatic carbocycles. The molecule has 3 rings (SSSR count). The molecule has 2 bridgehead atoms. The first-order chi connectivity index (χ1) is 7.24. The molecule has 0 unspecified atom stereocenters. The molecule has 3 heteroatoms. The van der Waals surface area contributed by atoms with E-state index < -0.39 is 0 Å². The molecule has 2 N–H and O–H groups in total. The normalized spacial score (nSPS) is 33.1. The second kappa shape index (κ2) is 3.22. The van der Waals surface area contributed by atoms with Crippen LogP contribution >= 0.6 is 0 Å². The molecule has 0 saturated carbocycles. The number of aryl methyl sites for hydroxylation is 1. The Morgan fingerprint density at radius 2 is 2.33 bits per heavy atom. The van der Waals surface area contributed by atoms with Crippen molar-refractivity contribution in [1.29, 1.82) is 0 Å². The summed E-state index contributed by atoms with van der Waals surface area (Å²) in [6.45, 7) is 2.51. The standard InChI is InChI=1S/C12H15NO2/c1-7-2-3-8-9(4-7)13-10-5-12(8)15-6-11(10)14/h2-4,10-14H,5-6H2,1H3/t10-,11+,12-/m0/s1. The predicted octanol–water partition coefficient (Wildman–Crippen LogP) is 1.61. The Hall–Kier alpha value is -1.06. The Balaban J connectivity index is 2.03. The minimum atomic E-state index is -0.380. The highest BCUT2D eigenvalue weighted by atomic mass is 16.5. The summed E-state index contributed by atoms with van der Waals surface area (Å²) in [5, 5.41) is 13.1. The zero-order valence-electron chi connectivity index (χ0n) is 8.73. The van der Waals surface area contributed by atoms with Crippen LogP contribution in [-0.2, 0) is 4.74 Å². The van der Waals surface area contributed by atoms with Crippen molar-refractivity contribution >= 4 is 5.69 Å². The van der Waals surface area contributed by atoms with Crippen molar-refractivity contribution in [3.8, 4) is 0 Å². The van der Waals surface area contributed by atoms with E-state index in [0.717, 1.165) is 12.1 Å². The van der Waals surface area contributed by atoms with E-state index in [0.29, 0.717) is 6.61 Å². The van der Waals surface area contributed by atoms with Crippen LogP contribution in [0.4, 0.5) is 5.69 Å². The van der Waals surface area contributed by atoms with Gasteiger partial charge >= 0.3 is 0 Å². The van der Waals surface area contributed by atoms with Gasteiger partial charge in [0.25, 0.3) is 0 Å². The van der Waals surface area contributed by atoms with E-state index in [9.17, 15) is 5.11 Å². The summed E-state index contributed by atoms with van der Waals surface area (Å²) >= 11 is 0. The first kappa shape index (κ1) is 9.19. The van der Waals surface area contributed by atoms with Crippen molar-refractivity contribution in [3.05, 3.63) is 29.3 Å². The van der Waals surface area contributed by atoms with Gasteiger partial charge in [0.15, 0.2) is 0 Å². The summed E-state index contributed by atoms with van der Waals surface area (Å²) in [7, 11) is 0. The number of benzene rings is 1. The molecule has 3 nitrogen and oxygen atoms in total. The summed E-state index contributed by atoms with van der Waals surface area (Å²) in [6.07, 6.45) is 0.655. The summed E-state index contributed by atoms with van der Waals surface area (Å²) in [5.74, 6) is 0. The monoisotopic (exact) mass is 205 g/mol. The van der Waals surface area contributed by atoms with E-state index in [1.807, 2.05) is 0 Å². The third kappa shape index (κ3) is 1.43. The maximum Gasteiger partial charge on any atom is 0.0975 e. The lowest BCUT2D eigenvalue weighted by Crippen LogP contribution is -2.45. The van der Waals surface area contributed by atoms with Crippen molar-refractivity contribution < 1.29 is 9.84 Å². The second-order valence-electron chi connectivity index (χ2n) is 4.47. The fourth-order valence-electron chi connectivity index (χ4n) is 2.43. The zero-order valence-corrected chi connectivity index (χ0v) is 8.73. The van der Waals surface area contributed by atoms with Gasteiger partial charge in [-0.25, -0.2) is 0 Å². The average molecular weight is 205 g/mol. The van der Waals surface area contributed by atoms with E-state index in [1.165, 1.54) is 11.1 Å². The molecule has 1 saturated heterocycles. The molecule has 0 spiro atoms. The molecule has 0 amide bonds. The number of ether oxygens (including phenoxy) is 1. The molecule has 1 fully saturated rings. The summed E-state index contributed by atoms with van der Waals surface area (Å²) in [6, 6.07) is 6.50. The smallest absolute Gasteiger partial charge is 0.0975 e. The number of fused-ring (bicyclic) bond motifs is 4. The topological polar surface area (TPSA) is 41.5 Å². The van der Waals surface area contributed by atoms with Crippen LogP contribution < -0.4 is 5.32 Å². The van der Waals surface area contributed by atoms with Gasteiger partial charge in [-0.3, -0.25) is 0 Å². The van der Waals surface area contributed by atoms with E-state index in [2.05, 4.69) is 30.4 Å². The maximum absolute atomic E-state index is 9.73. The highest BCUT2D eigenvalue weighted by Crippen LogP contribution is 2.39. The lowest BCUT2D eigenvalue weighted by Gasteiger charge is -2.40. The average Bonchev–Trinajstić information content (AvgIpc) is 2.23. The summed E-state index contributed by atoms with van der Waals surface area (Å²) in [5.41, 5.74) is 3.58. The van der Waals surface area contributed by atoms with E-state index >= 15 is 0 Å². The van der Waals surface area contributed by atoms with E-state index in [4.69, 9.17) is 4.74 Å². The van der Waals surface area contributed by atoms with Crippen LogP contribution in [0.5, 0.6) is 0 Å². The van der Waals surface area contributed by atoms with Gasteiger partial charge in [-0.05, 0) is 18.6 Å². The third-order valence-corrected chi connectivity index (χ3v) is 3.30. The molecule has 3 atom stereocenters. The van der Waals surface area contributed by atoms with Crippen LogP contribution in [0.2, 0.25) is 0 Å². The zero-order chi connectivity index (χ0) is 10.4. The van der Waals surface area contributed by atoms with Crippen LogP contribution in [0.15, 0.2) is 18.2 Å². The van der Waals surface area contributed by atoms with Gasteiger partial charge in [0.05, 0.1) is 24.9 Å². The van der Waals surface area contributed by atoms with Crippen LogP contribution in [0.25, 0.3) is 0 Å². The number of aliphatic hydroxyl groups excluding tert-OH is 1.